The number of hydrogen-bond donors (Lipinski definition) is 1. The standard InChI is InChI=1S/C27H20Br2N2O5/c1-2-36-26(34)16-8-11-21(12-9-16)31-25(33)22(24(32)30-27(31)35)15-19-14-20(28)10-7-17(19)13-18-5-3-4-6-23(18)29/h3-12,14-15H,2,13H2,1H3,(H,30,32,35)/b22-15+. The molecule has 0 saturated carbocycles. The second-order valence-corrected chi connectivity index (χ2v) is 9.61. The minimum absolute atomic E-state index is 0.185. The van der Waals surface area contributed by atoms with E-state index in [1.807, 2.05) is 42.5 Å². The molecule has 0 radical (unpaired) electrons. The van der Waals surface area contributed by atoms with Gasteiger partial charge in [0.1, 0.15) is 5.57 Å². The first-order valence-electron chi connectivity index (χ1n) is 11.0. The topological polar surface area (TPSA) is 92.8 Å². The highest BCUT2D eigenvalue weighted by molar-refractivity contribution is 9.10. The molecule has 7 nitrogen and oxygen atoms in total. The normalized spacial score (nSPS) is 14.7. The summed E-state index contributed by atoms with van der Waals surface area (Å²) in [7, 11) is 0. The van der Waals surface area contributed by atoms with Crippen LogP contribution in [-0.4, -0.2) is 30.4 Å². The maximum absolute atomic E-state index is 13.3. The van der Waals surface area contributed by atoms with Crippen molar-refractivity contribution in [3.05, 3.63) is 104 Å². The number of carbonyl (C=O) groups is 4. The van der Waals surface area contributed by atoms with E-state index in [0.717, 1.165) is 25.0 Å². The Labute approximate surface area is 224 Å². The van der Waals surface area contributed by atoms with Crippen LogP contribution in [-0.2, 0) is 20.7 Å². The van der Waals surface area contributed by atoms with Gasteiger partial charge in [0.05, 0.1) is 17.9 Å². The van der Waals surface area contributed by atoms with Crippen molar-refractivity contribution in [3.63, 3.8) is 0 Å². The monoisotopic (exact) mass is 610 g/mol. The third-order valence-corrected chi connectivity index (χ3v) is 6.75. The average molecular weight is 612 g/mol. The van der Waals surface area contributed by atoms with Crippen LogP contribution >= 0.6 is 31.9 Å². The molecule has 1 N–H and O–H groups in total. The number of hydrogen-bond acceptors (Lipinski definition) is 5. The van der Waals surface area contributed by atoms with E-state index in [1.54, 1.807) is 6.92 Å². The molecule has 0 aromatic heterocycles. The van der Waals surface area contributed by atoms with E-state index in [2.05, 4.69) is 37.2 Å². The molecule has 3 aromatic carbocycles. The number of anilines is 1. The summed E-state index contributed by atoms with van der Waals surface area (Å²) in [5, 5.41) is 2.23. The van der Waals surface area contributed by atoms with Crippen LogP contribution in [0.2, 0.25) is 0 Å². The molecule has 0 bridgehead atoms. The first-order chi connectivity index (χ1) is 17.3. The van der Waals surface area contributed by atoms with Gasteiger partial charge in [-0.05, 0) is 78.6 Å². The van der Waals surface area contributed by atoms with Gasteiger partial charge in [-0.2, -0.15) is 0 Å². The van der Waals surface area contributed by atoms with Gasteiger partial charge in [-0.25, -0.2) is 14.5 Å². The summed E-state index contributed by atoms with van der Waals surface area (Å²) in [6.45, 7) is 1.92. The molecule has 36 heavy (non-hydrogen) atoms. The van der Waals surface area contributed by atoms with Gasteiger partial charge >= 0.3 is 12.0 Å². The summed E-state index contributed by atoms with van der Waals surface area (Å²) in [5.41, 5.74) is 2.90. The third-order valence-electron chi connectivity index (χ3n) is 5.48. The summed E-state index contributed by atoms with van der Waals surface area (Å²) in [4.78, 5) is 51.4. The summed E-state index contributed by atoms with van der Waals surface area (Å²) in [5.74, 6) is -2.06. The number of nitrogens with zero attached hydrogens (tertiary/aromatic N) is 1. The Balaban J connectivity index is 1.69. The molecule has 4 rings (SSSR count). The van der Waals surface area contributed by atoms with E-state index in [-0.39, 0.29) is 23.4 Å². The van der Waals surface area contributed by atoms with Gasteiger partial charge in [-0.3, -0.25) is 14.9 Å². The van der Waals surface area contributed by atoms with Crippen molar-refractivity contribution in [2.45, 2.75) is 13.3 Å². The zero-order valence-corrected chi connectivity index (χ0v) is 22.3. The molecular formula is C27H20Br2N2O5. The molecule has 1 heterocycles. The molecule has 1 saturated heterocycles. The van der Waals surface area contributed by atoms with E-state index < -0.39 is 23.8 Å². The van der Waals surface area contributed by atoms with Crippen LogP contribution in [0.1, 0.15) is 34.0 Å². The number of carbonyl (C=O) groups excluding carboxylic acids is 4. The first kappa shape index (κ1) is 25.5. The number of benzene rings is 3. The number of urea groups is 1. The van der Waals surface area contributed by atoms with Crippen LogP contribution in [0.4, 0.5) is 10.5 Å². The Hall–Kier alpha value is -3.56. The Bertz CT molecular complexity index is 1400. The van der Waals surface area contributed by atoms with E-state index in [1.165, 1.54) is 30.3 Å². The van der Waals surface area contributed by atoms with Gasteiger partial charge in [0.15, 0.2) is 0 Å². The lowest BCUT2D eigenvalue weighted by Crippen LogP contribution is -2.54. The SMILES string of the molecule is CCOC(=O)c1ccc(N2C(=O)NC(=O)/C(=C\c3cc(Br)ccc3Cc3ccccc3Br)C2=O)cc1. The van der Waals surface area contributed by atoms with E-state index >= 15 is 0 Å². The van der Waals surface area contributed by atoms with Crippen LogP contribution in [0.3, 0.4) is 0 Å². The van der Waals surface area contributed by atoms with Gasteiger partial charge in [-0.15, -0.1) is 0 Å². The summed E-state index contributed by atoms with van der Waals surface area (Å²) >= 11 is 7.01. The highest BCUT2D eigenvalue weighted by atomic mass is 79.9. The van der Waals surface area contributed by atoms with Crippen LogP contribution in [0, 0.1) is 0 Å². The number of nitrogens with one attached hydrogen (secondary N) is 1. The Kier molecular flexibility index (Phi) is 7.81. The van der Waals surface area contributed by atoms with Gasteiger partial charge in [-0.1, -0.05) is 56.1 Å². The van der Waals surface area contributed by atoms with Crippen LogP contribution in [0.25, 0.3) is 6.08 Å². The number of halogens is 2. The molecule has 0 aliphatic carbocycles. The predicted molar refractivity (Wildman–Crippen MR) is 142 cm³/mol. The second kappa shape index (κ2) is 11.0. The van der Waals surface area contributed by atoms with Crippen LogP contribution in [0.15, 0.2) is 81.2 Å². The van der Waals surface area contributed by atoms with Crippen LogP contribution in [0.5, 0.6) is 0 Å². The van der Waals surface area contributed by atoms with Crippen molar-refractivity contribution in [1.82, 2.24) is 5.32 Å². The number of imide groups is 2. The Morgan fingerprint density at radius 3 is 2.39 bits per heavy atom. The lowest BCUT2D eigenvalue weighted by molar-refractivity contribution is -0.122. The number of rotatable bonds is 6. The predicted octanol–water partition coefficient (Wildman–Crippen LogP) is 5.65. The van der Waals surface area contributed by atoms with Crippen molar-refractivity contribution in [2.75, 3.05) is 11.5 Å². The van der Waals surface area contributed by atoms with Crippen molar-refractivity contribution in [1.29, 1.82) is 0 Å². The van der Waals surface area contributed by atoms with Gasteiger partial charge in [0.2, 0.25) is 0 Å². The van der Waals surface area contributed by atoms with Crippen LogP contribution < -0.4 is 10.2 Å². The fourth-order valence-electron chi connectivity index (χ4n) is 3.72. The van der Waals surface area contributed by atoms with E-state index in [4.69, 9.17) is 4.74 Å². The highest BCUT2D eigenvalue weighted by Crippen LogP contribution is 2.27. The number of ether oxygens (including phenoxy) is 1. The molecule has 4 amide bonds. The zero-order chi connectivity index (χ0) is 25.8. The Morgan fingerprint density at radius 1 is 0.972 bits per heavy atom. The molecule has 1 aliphatic heterocycles. The molecule has 0 unspecified atom stereocenters. The number of esters is 1. The first-order valence-corrected chi connectivity index (χ1v) is 12.6. The second-order valence-electron chi connectivity index (χ2n) is 7.84. The third kappa shape index (κ3) is 5.47. The lowest BCUT2D eigenvalue weighted by atomic mass is 9.97. The zero-order valence-electron chi connectivity index (χ0n) is 19.1. The van der Waals surface area contributed by atoms with Crippen molar-refractivity contribution in [3.8, 4) is 0 Å². The van der Waals surface area contributed by atoms with Crippen molar-refractivity contribution < 1.29 is 23.9 Å². The number of barbiturate groups is 1. The largest absolute Gasteiger partial charge is 0.462 e. The minimum atomic E-state index is -0.867. The van der Waals surface area contributed by atoms with Gasteiger partial charge in [0.25, 0.3) is 11.8 Å². The molecule has 182 valence electrons. The maximum atomic E-state index is 13.3. The quantitative estimate of drug-likeness (QED) is 0.221. The maximum Gasteiger partial charge on any atom is 0.338 e. The Morgan fingerprint density at radius 2 is 1.69 bits per heavy atom. The lowest BCUT2D eigenvalue weighted by Gasteiger charge is -2.26. The molecular weight excluding hydrogens is 592 g/mol. The highest BCUT2D eigenvalue weighted by Gasteiger charge is 2.37. The molecule has 3 aromatic rings. The summed E-state index contributed by atoms with van der Waals surface area (Å²) < 4.78 is 6.68. The van der Waals surface area contributed by atoms with Crippen molar-refractivity contribution >= 4 is 67.4 Å². The molecule has 1 fully saturated rings. The molecule has 0 spiro atoms. The minimum Gasteiger partial charge on any atom is -0.462 e. The van der Waals surface area contributed by atoms with E-state index in [9.17, 15) is 19.2 Å². The van der Waals surface area contributed by atoms with Crippen molar-refractivity contribution in [2.24, 2.45) is 0 Å². The molecule has 0 atom stereocenters. The summed E-state index contributed by atoms with van der Waals surface area (Å²) in [6, 6.07) is 18.4. The van der Waals surface area contributed by atoms with Gasteiger partial charge in [0, 0.05) is 8.95 Å². The fourth-order valence-corrected chi connectivity index (χ4v) is 4.52. The summed E-state index contributed by atoms with van der Waals surface area (Å²) in [6.07, 6.45) is 2.04. The fraction of sp³-hybridized carbons (Fsp3) is 0.111. The molecule has 1 aliphatic rings. The average Bonchev–Trinajstić information content (AvgIpc) is 2.85. The van der Waals surface area contributed by atoms with Gasteiger partial charge < -0.3 is 4.74 Å². The molecule has 9 heteroatoms. The van der Waals surface area contributed by atoms with E-state index in [0.29, 0.717) is 12.0 Å². The number of amides is 4. The smallest absolute Gasteiger partial charge is 0.338 e.